The molecule has 17 heavy (non-hydrogen) atoms. The van der Waals surface area contributed by atoms with Gasteiger partial charge in [-0.2, -0.15) is 5.26 Å². The van der Waals surface area contributed by atoms with Gasteiger partial charge in [0.25, 0.3) is 0 Å². The molecule has 86 valence electrons. The Bertz CT molecular complexity index is 571. The van der Waals surface area contributed by atoms with Crippen LogP contribution in [0.25, 0.3) is 0 Å². The summed E-state index contributed by atoms with van der Waals surface area (Å²) in [5.74, 6) is 0. The zero-order valence-corrected chi connectivity index (χ0v) is 11.6. The second-order valence-electron chi connectivity index (χ2n) is 3.54. The van der Waals surface area contributed by atoms with Crippen molar-refractivity contribution in [1.29, 1.82) is 5.26 Å². The van der Waals surface area contributed by atoms with Crippen LogP contribution in [0.1, 0.15) is 15.4 Å². The first-order valence-electron chi connectivity index (χ1n) is 5.03. The van der Waals surface area contributed by atoms with E-state index in [0.717, 1.165) is 21.7 Å². The Morgan fingerprint density at radius 1 is 1.47 bits per heavy atom. The lowest BCUT2D eigenvalue weighted by molar-refractivity contribution is 1.17. The SMILES string of the molecule is Cc1ncc(CNc2cc(Br)cc(C#N)c2)s1. The van der Waals surface area contributed by atoms with Crippen LogP contribution in [-0.2, 0) is 6.54 Å². The van der Waals surface area contributed by atoms with E-state index in [0.29, 0.717) is 5.56 Å². The van der Waals surface area contributed by atoms with Crippen molar-refractivity contribution in [2.24, 2.45) is 0 Å². The number of nitrogens with one attached hydrogen (secondary N) is 1. The van der Waals surface area contributed by atoms with Gasteiger partial charge >= 0.3 is 0 Å². The number of hydrogen-bond acceptors (Lipinski definition) is 4. The summed E-state index contributed by atoms with van der Waals surface area (Å²) in [7, 11) is 0. The summed E-state index contributed by atoms with van der Waals surface area (Å²) in [5, 5.41) is 13.2. The Labute approximate surface area is 112 Å². The maximum atomic E-state index is 8.87. The summed E-state index contributed by atoms with van der Waals surface area (Å²) in [4.78, 5) is 5.38. The Morgan fingerprint density at radius 3 is 2.94 bits per heavy atom. The van der Waals surface area contributed by atoms with Crippen molar-refractivity contribution in [3.05, 3.63) is 44.3 Å². The summed E-state index contributed by atoms with van der Waals surface area (Å²) in [6.45, 7) is 2.72. The monoisotopic (exact) mass is 307 g/mol. The minimum atomic E-state index is 0.641. The van der Waals surface area contributed by atoms with Crippen LogP contribution >= 0.6 is 27.3 Å². The van der Waals surface area contributed by atoms with Crippen LogP contribution in [0.2, 0.25) is 0 Å². The van der Waals surface area contributed by atoms with Crippen LogP contribution in [0, 0.1) is 18.3 Å². The van der Waals surface area contributed by atoms with Crippen molar-refractivity contribution >= 4 is 33.0 Å². The fourth-order valence-electron chi connectivity index (χ4n) is 1.43. The largest absolute Gasteiger partial charge is 0.380 e. The molecule has 0 atom stereocenters. The summed E-state index contributed by atoms with van der Waals surface area (Å²) in [6.07, 6.45) is 1.87. The lowest BCUT2D eigenvalue weighted by Crippen LogP contribution is -1.97. The number of benzene rings is 1. The molecule has 2 aromatic rings. The maximum Gasteiger partial charge on any atom is 0.0992 e. The van der Waals surface area contributed by atoms with Crippen LogP contribution in [-0.4, -0.2) is 4.98 Å². The van der Waals surface area contributed by atoms with Gasteiger partial charge in [-0.05, 0) is 25.1 Å². The van der Waals surface area contributed by atoms with Gasteiger partial charge in [0, 0.05) is 21.2 Å². The Kier molecular flexibility index (Phi) is 3.77. The highest BCUT2D eigenvalue weighted by molar-refractivity contribution is 9.10. The summed E-state index contributed by atoms with van der Waals surface area (Å²) < 4.78 is 0.902. The standard InChI is InChI=1S/C12H10BrN3S/c1-8-15-6-12(17-8)7-16-11-3-9(5-14)2-10(13)4-11/h2-4,6,16H,7H2,1H3. The quantitative estimate of drug-likeness (QED) is 0.940. The first-order valence-corrected chi connectivity index (χ1v) is 6.64. The molecule has 0 aliphatic carbocycles. The molecule has 0 radical (unpaired) electrons. The molecule has 0 bridgehead atoms. The minimum Gasteiger partial charge on any atom is -0.380 e. The molecule has 1 N–H and O–H groups in total. The highest BCUT2D eigenvalue weighted by Crippen LogP contribution is 2.20. The van der Waals surface area contributed by atoms with Crippen molar-refractivity contribution in [2.45, 2.75) is 13.5 Å². The van der Waals surface area contributed by atoms with Gasteiger partial charge in [0.2, 0.25) is 0 Å². The molecule has 0 saturated heterocycles. The highest BCUT2D eigenvalue weighted by atomic mass is 79.9. The van der Waals surface area contributed by atoms with Crippen molar-refractivity contribution in [2.75, 3.05) is 5.32 Å². The molecule has 0 aliphatic heterocycles. The predicted molar refractivity (Wildman–Crippen MR) is 73.0 cm³/mol. The second kappa shape index (κ2) is 5.30. The molecular formula is C12H10BrN3S. The van der Waals surface area contributed by atoms with Gasteiger partial charge in [0.05, 0.1) is 23.2 Å². The zero-order chi connectivity index (χ0) is 12.3. The molecular weight excluding hydrogens is 298 g/mol. The number of aryl methyl sites for hydroxylation is 1. The maximum absolute atomic E-state index is 8.87. The van der Waals surface area contributed by atoms with Crippen LogP contribution in [0.3, 0.4) is 0 Å². The smallest absolute Gasteiger partial charge is 0.0992 e. The van der Waals surface area contributed by atoms with Gasteiger partial charge in [-0.1, -0.05) is 15.9 Å². The fourth-order valence-corrected chi connectivity index (χ4v) is 2.66. The van der Waals surface area contributed by atoms with E-state index in [-0.39, 0.29) is 0 Å². The molecule has 1 aromatic heterocycles. The lowest BCUT2D eigenvalue weighted by atomic mass is 10.2. The number of nitrogens with zero attached hydrogens (tertiary/aromatic N) is 2. The fraction of sp³-hybridized carbons (Fsp3) is 0.167. The van der Waals surface area contributed by atoms with Crippen molar-refractivity contribution in [3.8, 4) is 6.07 Å². The molecule has 5 heteroatoms. The third-order valence-electron chi connectivity index (χ3n) is 2.16. The molecule has 1 heterocycles. The van der Waals surface area contributed by atoms with Crippen molar-refractivity contribution in [1.82, 2.24) is 4.98 Å². The molecule has 0 aliphatic rings. The van der Waals surface area contributed by atoms with E-state index in [2.05, 4.69) is 32.3 Å². The highest BCUT2D eigenvalue weighted by Gasteiger charge is 2.01. The third-order valence-corrected chi connectivity index (χ3v) is 3.53. The first-order chi connectivity index (χ1) is 8.17. The molecule has 0 spiro atoms. The van der Waals surface area contributed by atoms with Gasteiger partial charge in [-0.25, -0.2) is 4.98 Å². The normalized spacial score (nSPS) is 9.94. The Balaban J connectivity index is 2.09. The van der Waals surface area contributed by atoms with Crippen LogP contribution in [0.5, 0.6) is 0 Å². The Morgan fingerprint density at radius 2 is 2.29 bits per heavy atom. The van der Waals surface area contributed by atoms with E-state index in [1.54, 1.807) is 17.4 Å². The third kappa shape index (κ3) is 3.29. The average Bonchev–Trinajstić information content (AvgIpc) is 2.72. The van der Waals surface area contributed by atoms with Gasteiger partial charge in [0.15, 0.2) is 0 Å². The molecule has 2 rings (SSSR count). The number of rotatable bonds is 3. The van der Waals surface area contributed by atoms with E-state index in [9.17, 15) is 0 Å². The molecule has 1 aromatic carbocycles. The summed E-state index contributed by atoms with van der Waals surface area (Å²) in [6, 6.07) is 7.71. The molecule has 3 nitrogen and oxygen atoms in total. The molecule has 0 amide bonds. The first kappa shape index (κ1) is 12.1. The zero-order valence-electron chi connectivity index (χ0n) is 9.20. The van der Waals surface area contributed by atoms with E-state index in [1.165, 1.54) is 4.88 Å². The van der Waals surface area contributed by atoms with Gasteiger partial charge in [-0.15, -0.1) is 11.3 Å². The predicted octanol–water partition coefficient (Wildman–Crippen LogP) is 3.70. The summed E-state index contributed by atoms with van der Waals surface area (Å²) >= 11 is 5.05. The van der Waals surface area contributed by atoms with E-state index < -0.39 is 0 Å². The van der Waals surface area contributed by atoms with E-state index >= 15 is 0 Å². The van der Waals surface area contributed by atoms with Crippen LogP contribution < -0.4 is 5.32 Å². The Hall–Kier alpha value is -1.38. The minimum absolute atomic E-state index is 0.641. The number of anilines is 1. The average molecular weight is 308 g/mol. The van der Waals surface area contributed by atoms with Crippen LogP contribution in [0.15, 0.2) is 28.9 Å². The van der Waals surface area contributed by atoms with Crippen molar-refractivity contribution < 1.29 is 0 Å². The summed E-state index contributed by atoms with van der Waals surface area (Å²) in [5.41, 5.74) is 1.57. The number of thiazole rings is 1. The van der Waals surface area contributed by atoms with Gasteiger partial charge in [-0.3, -0.25) is 0 Å². The second-order valence-corrected chi connectivity index (χ2v) is 5.77. The van der Waals surface area contributed by atoms with E-state index in [4.69, 9.17) is 5.26 Å². The number of halogens is 1. The van der Waals surface area contributed by atoms with Gasteiger partial charge < -0.3 is 5.32 Å². The number of nitriles is 1. The van der Waals surface area contributed by atoms with E-state index in [1.807, 2.05) is 25.3 Å². The number of aromatic nitrogens is 1. The lowest BCUT2D eigenvalue weighted by Gasteiger charge is -2.05. The van der Waals surface area contributed by atoms with Gasteiger partial charge in [0.1, 0.15) is 0 Å². The molecule has 0 unspecified atom stereocenters. The van der Waals surface area contributed by atoms with Crippen molar-refractivity contribution in [3.63, 3.8) is 0 Å². The molecule has 0 fully saturated rings. The topological polar surface area (TPSA) is 48.7 Å². The molecule has 0 saturated carbocycles. The van der Waals surface area contributed by atoms with Crippen LogP contribution in [0.4, 0.5) is 5.69 Å². The number of hydrogen-bond donors (Lipinski definition) is 1.